The number of rotatable bonds is 4. The Balaban J connectivity index is 1.82. The molecule has 1 heterocycles. The Kier molecular flexibility index (Phi) is 5.49. The van der Waals surface area contributed by atoms with Crippen molar-refractivity contribution in [3.05, 3.63) is 30.1 Å². The quantitative estimate of drug-likeness (QED) is 0.889. The van der Waals surface area contributed by atoms with E-state index < -0.39 is 0 Å². The van der Waals surface area contributed by atoms with Crippen LogP contribution in [0, 0.1) is 11.7 Å². The minimum atomic E-state index is -0.334. The van der Waals surface area contributed by atoms with Crippen molar-refractivity contribution in [1.29, 1.82) is 0 Å². The van der Waals surface area contributed by atoms with Gasteiger partial charge >= 0.3 is 0 Å². The molecule has 1 aliphatic heterocycles. The van der Waals surface area contributed by atoms with Crippen LogP contribution in [0.5, 0.6) is 0 Å². The number of carbonyl (C=O) groups is 2. The number of amides is 2. The lowest BCUT2D eigenvalue weighted by Gasteiger charge is -2.31. The number of benzene rings is 1. The summed E-state index contributed by atoms with van der Waals surface area (Å²) in [7, 11) is 0. The van der Waals surface area contributed by atoms with E-state index in [1.54, 1.807) is 11.8 Å². The molecule has 1 aromatic carbocycles. The Morgan fingerprint density at radius 3 is 2.45 bits per heavy atom. The molecule has 0 aliphatic carbocycles. The molecule has 1 unspecified atom stereocenters. The number of hydrogen-bond acceptors (Lipinski definition) is 3. The fraction of sp³-hybridized carbons (Fsp3) is 0.500. The molecule has 2 rings (SSSR count). The first kappa shape index (κ1) is 16.4. The first-order chi connectivity index (χ1) is 10.5. The van der Waals surface area contributed by atoms with Gasteiger partial charge in [0.15, 0.2) is 0 Å². The summed E-state index contributed by atoms with van der Waals surface area (Å²) in [5.41, 5.74) is 6.22. The van der Waals surface area contributed by atoms with Crippen LogP contribution in [0.3, 0.4) is 0 Å². The monoisotopic (exact) mass is 307 g/mol. The van der Waals surface area contributed by atoms with Gasteiger partial charge in [0.05, 0.1) is 0 Å². The maximum absolute atomic E-state index is 12.8. The Morgan fingerprint density at radius 1 is 1.32 bits per heavy atom. The zero-order valence-electron chi connectivity index (χ0n) is 12.7. The number of piperidine rings is 1. The molecule has 6 heteroatoms. The lowest BCUT2D eigenvalue weighted by molar-refractivity contribution is -0.134. The predicted octanol–water partition coefficient (Wildman–Crippen LogP) is 1.74. The highest BCUT2D eigenvalue weighted by atomic mass is 19.1. The van der Waals surface area contributed by atoms with Crippen LogP contribution in [0.2, 0.25) is 0 Å². The first-order valence-electron chi connectivity index (χ1n) is 7.55. The van der Waals surface area contributed by atoms with E-state index in [0.717, 1.165) is 0 Å². The molecular formula is C16H22FN3O2. The Morgan fingerprint density at radius 2 is 1.91 bits per heavy atom. The third kappa shape index (κ3) is 4.53. The first-order valence-corrected chi connectivity index (χ1v) is 7.55. The summed E-state index contributed by atoms with van der Waals surface area (Å²) < 4.78 is 12.8. The van der Waals surface area contributed by atoms with E-state index in [-0.39, 0.29) is 29.6 Å². The summed E-state index contributed by atoms with van der Waals surface area (Å²) in [6.07, 6.45) is 1.61. The molecule has 1 aromatic rings. The molecule has 0 spiro atoms. The highest BCUT2D eigenvalue weighted by molar-refractivity contribution is 5.92. The van der Waals surface area contributed by atoms with Crippen molar-refractivity contribution in [2.24, 2.45) is 11.7 Å². The van der Waals surface area contributed by atoms with Crippen LogP contribution in [0.15, 0.2) is 24.3 Å². The maximum atomic E-state index is 12.8. The van der Waals surface area contributed by atoms with Gasteiger partial charge in [-0.05, 0) is 44.0 Å². The Bertz CT molecular complexity index is 523. The fourth-order valence-electron chi connectivity index (χ4n) is 2.57. The lowest BCUT2D eigenvalue weighted by Crippen LogP contribution is -2.42. The van der Waals surface area contributed by atoms with Crippen LogP contribution in [-0.2, 0) is 9.59 Å². The Hall–Kier alpha value is -1.95. The number of nitrogens with two attached hydrogens (primary N) is 1. The van der Waals surface area contributed by atoms with Gasteiger partial charge in [0.1, 0.15) is 5.82 Å². The SMILES string of the molecule is CC(N)CC(=O)N1CCC(C(=O)Nc2ccc(F)cc2)CC1. The third-order valence-corrected chi connectivity index (χ3v) is 3.83. The van der Waals surface area contributed by atoms with Crippen molar-refractivity contribution in [2.45, 2.75) is 32.2 Å². The van der Waals surface area contributed by atoms with Crippen molar-refractivity contribution in [3.63, 3.8) is 0 Å². The summed E-state index contributed by atoms with van der Waals surface area (Å²) in [6, 6.07) is 5.55. The fourth-order valence-corrected chi connectivity index (χ4v) is 2.57. The van der Waals surface area contributed by atoms with Gasteiger partial charge in [0, 0.05) is 37.2 Å². The van der Waals surface area contributed by atoms with E-state index in [9.17, 15) is 14.0 Å². The summed E-state index contributed by atoms with van der Waals surface area (Å²) >= 11 is 0. The zero-order chi connectivity index (χ0) is 16.1. The molecule has 1 aliphatic rings. The number of carbonyl (C=O) groups excluding carboxylic acids is 2. The summed E-state index contributed by atoms with van der Waals surface area (Å²) in [5.74, 6) is -0.485. The van der Waals surface area contributed by atoms with Gasteiger partial charge < -0.3 is 16.0 Å². The van der Waals surface area contributed by atoms with Crippen molar-refractivity contribution >= 4 is 17.5 Å². The van der Waals surface area contributed by atoms with Gasteiger partial charge in [-0.1, -0.05) is 0 Å². The molecule has 0 aromatic heterocycles. The maximum Gasteiger partial charge on any atom is 0.227 e. The second kappa shape index (κ2) is 7.35. The van der Waals surface area contributed by atoms with Gasteiger partial charge in [0.25, 0.3) is 0 Å². The second-order valence-corrected chi connectivity index (χ2v) is 5.83. The number of nitrogens with zero attached hydrogens (tertiary/aromatic N) is 1. The minimum Gasteiger partial charge on any atom is -0.343 e. The molecule has 0 radical (unpaired) electrons. The smallest absolute Gasteiger partial charge is 0.227 e. The zero-order valence-corrected chi connectivity index (χ0v) is 12.7. The molecule has 0 bridgehead atoms. The average Bonchev–Trinajstić information content (AvgIpc) is 2.49. The van der Waals surface area contributed by atoms with Crippen molar-refractivity contribution < 1.29 is 14.0 Å². The van der Waals surface area contributed by atoms with Gasteiger partial charge in [0.2, 0.25) is 11.8 Å². The number of anilines is 1. The topological polar surface area (TPSA) is 75.4 Å². The standard InChI is InChI=1S/C16H22FN3O2/c1-11(18)10-15(21)20-8-6-12(7-9-20)16(22)19-14-4-2-13(17)3-5-14/h2-5,11-12H,6-10,18H2,1H3,(H,19,22). The van der Waals surface area contributed by atoms with Crippen LogP contribution in [0.1, 0.15) is 26.2 Å². The molecule has 1 atom stereocenters. The van der Waals surface area contributed by atoms with Gasteiger partial charge in [-0.2, -0.15) is 0 Å². The molecule has 2 amide bonds. The van der Waals surface area contributed by atoms with Crippen LogP contribution in [0.4, 0.5) is 10.1 Å². The Labute approximate surface area is 129 Å². The largest absolute Gasteiger partial charge is 0.343 e. The minimum absolute atomic E-state index is 0.0485. The van der Waals surface area contributed by atoms with Crippen LogP contribution >= 0.6 is 0 Å². The number of halogens is 1. The summed E-state index contributed by atoms with van der Waals surface area (Å²) in [6.45, 7) is 2.96. The predicted molar refractivity (Wildman–Crippen MR) is 82.6 cm³/mol. The molecular weight excluding hydrogens is 285 g/mol. The van der Waals surface area contributed by atoms with Gasteiger partial charge in [-0.3, -0.25) is 9.59 Å². The molecule has 1 saturated heterocycles. The normalized spacial score (nSPS) is 17.1. The highest BCUT2D eigenvalue weighted by Crippen LogP contribution is 2.20. The molecule has 3 N–H and O–H groups in total. The van der Waals surface area contributed by atoms with E-state index in [1.165, 1.54) is 24.3 Å². The highest BCUT2D eigenvalue weighted by Gasteiger charge is 2.27. The van der Waals surface area contributed by atoms with Crippen molar-refractivity contribution in [2.75, 3.05) is 18.4 Å². The van der Waals surface area contributed by atoms with Gasteiger partial charge in [-0.15, -0.1) is 0 Å². The molecule has 5 nitrogen and oxygen atoms in total. The van der Waals surface area contributed by atoms with Gasteiger partial charge in [-0.25, -0.2) is 4.39 Å². The van der Waals surface area contributed by atoms with E-state index in [4.69, 9.17) is 5.73 Å². The van der Waals surface area contributed by atoms with Crippen molar-refractivity contribution in [1.82, 2.24) is 4.90 Å². The van der Waals surface area contributed by atoms with Crippen LogP contribution in [-0.4, -0.2) is 35.8 Å². The number of nitrogens with one attached hydrogen (secondary N) is 1. The third-order valence-electron chi connectivity index (χ3n) is 3.83. The molecule has 0 saturated carbocycles. The van der Waals surface area contributed by atoms with E-state index in [2.05, 4.69) is 5.32 Å². The van der Waals surface area contributed by atoms with E-state index in [1.807, 2.05) is 0 Å². The summed E-state index contributed by atoms with van der Waals surface area (Å²) in [5, 5.41) is 2.79. The van der Waals surface area contributed by atoms with Crippen LogP contribution in [0.25, 0.3) is 0 Å². The number of likely N-dealkylation sites (tertiary alicyclic amines) is 1. The summed E-state index contributed by atoms with van der Waals surface area (Å²) in [4.78, 5) is 25.9. The lowest BCUT2D eigenvalue weighted by atomic mass is 9.95. The molecule has 22 heavy (non-hydrogen) atoms. The molecule has 1 fully saturated rings. The average molecular weight is 307 g/mol. The van der Waals surface area contributed by atoms with Crippen molar-refractivity contribution in [3.8, 4) is 0 Å². The van der Waals surface area contributed by atoms with E-state index in [0.29, 0.717) is 38.0 Å². The molecule has 120 valence electrons. The number of hydrogen-bond donors (Lipinski definition) is 2. The van der Waals surface area contributed by atoms with E-state index >= 15 is 0 Å². The van der Waals surface area contributed by atoms with Crippen LogP contribution < -0.4 is 11.1 Å². The second-order valence-electron chi connectivity index (χ2n) is 5.83.